The van der Waals surface area contributed by atoms with Gasteiger partial charge in [0.1, 0.15) is 12.2 Å². The second-order valence-electron chi connectivity index (χ2n) is 6.65. The number of likely N-dealkylation sites (tertiary alicyclic amines) is 1. The lowest BCUT2D eigenvalue weighted by atomic mass is 10.1. The van der Waals surface area contributed by atoms with Crippen LogP contribution in [0.4, 0.5) is 0 Å². The summed E-state index contributed by atoms with van der Waals surface area (Å²) in [6.07, 6.45) is 9.98. The van der Waals surface area contributed by atoms with Crippen LogP contribution >= 0.6 is 0 Å². The van der Waals surface area contributed by atoms with Crippen LogP contribution in [-0.2, 0) is 13.0 Å². The van der Waals surface area contributed by atoms with Gasteiger partial charge in [0.2, 0.25) is 0 Å². The first kappa shape index (κ1) is 14.5. The van der Waals surface area contributed by atoms with E-state index < -0.39 is 0 Å². The van der Waals surface area contributed by atoms with E-state index in [4.69, 9.17) is 4.42 Å². The number of furan rings is 1. The highest BCUT2D eigenvalue weighted by atomic mass is 16.3. The largest absolute Gasteiger partial charge is 0.459 e. The fourth-order valence-corrected chi connectivity index (χ4v) is 3.44. The molecule has 0 spiro atoms. The molecule has 6 heteroatoms. The third-order valence-electron chi connectivity index (χ3n) is 4.92. The summed E-state index contributed by atoms with van der Waals surface area (Å²) in [6, 6.07) is 3.78. The van der Waals surface area contributed by atoms with Gasteiger partial charge in [-0.15, -0.1) is 10.2 Å². The molecule has 2 aromatic rings. The molecule has 0 N–H and O–H groups in total. The van der Waals surface area contributed by atoms with Crippen LogP contribution in [0.25, 0.3) is 0 Å². The number of nitrogens with zero attached hydrogens (tertiary/aromatic N) is 4. The molecule has 1 aliphatic carbocycles. The summed E-state index contributed by atoms with van der Waals surface area (Å²) >= 11 is 0. The molecule has 4 rings (SSSR count). The number of hydrogen-bond donors (Lipinski definition) is 0. The van der Waals surface area contributed by atoms with Gasteiger partial charge in [-0.05, 0) is 50.2 Å². The Kier molecular flexibility index (Phi) is 3.89. The normalized spacial score (nSPS) is 21.0. The first-order valence-electron chi connectivity index (χ1n) is 8.52. The molecular weight excluding hydrogens is 292 g/mol. The van der Waals surface area contributed by atoms with E-state index in [1.165, 1.54) is 12.8 Å². The summed E-state index contributed by atoms with van der Waals surface area (Å²) in [5, 5.41) is 8.33. The van der Waals surface area contributed by atoms with Gasteiger partial charge in [0.15, 0.2) is 5.76 Å². The lowest BCUT2D eigenvalue weighted by Crippen LogP contribution is -2.35. The molecule has 2 aromatic heterocycles. The maximum absolute atomic E-state index is 12.5. The molecule has 122 valence electrons. The minimum absolute atomic E-state index is 0.0111. The predicted molar refractivity (Wildman–Crippen MR) is 83.8 cm³/mol. The Labute approximate surface area is 135 Å². The summed E-state index contributed by atoms with van der Waals surface area (Å²) < 4.78 is 7.44. The van der Waals surface area contributed by atoms with Gasteiger partial charge < -0.3 is 13.9 Å². The monoisotopic (exact) mass is 314 g/mol. The SMILES string of the molecule is O=C(c1ccco1)N1CCCC1CCc1nncn1CC1CC1. The van der Waals surface area contributed by atoms with Crippen LogP contribution in [0.5, 0.6) is 0 Å². The number of hydrogen-bond acceptors (Lipinski definition) is 4. The fourth-order valence-electron chi connectivity index (χ4n) is 3.44. The second kappa shape index (κ2) is 6.18. The number of amides is 1. The molecule has 2 aliphatic rings. The highest BCUT2D eigenvalue weighted by molar-refractivity contribution is 5.91. The van der Waals surface area contributed by atoms with Crippen molar-refractivity contribution < 1.29 is 9.21 Å². The summed E-state index contributed by atoms with van der Waals surface area (Å²) in [7, 11) is 0. The average Bonchev–Trinajstić information content (AvgIpc) is 3.03. The summed E-state index contributed by atoms with van der Waals surface area (Å²) in [5.41, 5.74) is 0. The van der Waals surface area contributed by atoms with Gasteiger partial charge in [-0.25, -0.2) is 0 Å². The molecule has 0 radical (unpaired) electrons. The van der Waals surface area contributed by atoms with Crippen molar-refractivity contribution in [3.8, 4) is 0 Å². The van der Waals surface area contributed by atoms with E-state index in [0.29, 0.717) is 5.76 Å². The summed E-state index contributed by atoms with van der Waals surface area (Å²) in [4.78, 5) is 14.5. The third-order valence-corrected chi connectivity index (χ3v) is 4.92. The Hall–Kier alpha value is -2.11. The molecule has 1 saturated carbocycles. The molecule has 1 saturated heterocycles. The predicted octanol–water partition coefficient (Wildman–Crippen LogP) is 2.52. The molecule has 1 aliphatic heterocycles. The van der Waals surface area contributed by atoms with E-state index >= 15 is 0 Å². The Morgan fingerprint density at radius 2 is 2.26 bits per heavy atom. The smallest absolute Gasteiger partial charge is 0.289 e. The minimum atomic E-state index is 0.0111. The topological polar surface area (TPSA) is 64.2 Å². The van der Waals surface area contributed by atoms with Crippen LogP contribution < -0.4 is 0 Å². The van der Waals surface area contributed by atoms with Gasteiger partial charge in [0.05, 0.1) is 6.26 Å². The molecule has 23 heavy (non-hydrogen) atoms. The highest BCUT2D eigenvalue weighted by Crippen LogP contribution is 2.31. The standard InChI is InChI=1S/C17H22N4O2/c22-17(15-4-2-10-23-15)21-9-1-3-14(21)7-8-16-19-18-12-20(16)11-13-5-6-13/h2,4,10,12-14H,1,3,5-9,11H2. The molecule has 1 unspecified atom stereocenters. The quantitative estimate of drug-likeness (QED) is 0.822. The van der Waals surface area contributed by atoms with Gasteiger partial charge in [0, 0.05) is 25.6 Å². The van der Waals surface area contributed by atoms with Crippen LogP contribution in [-0.4, -0.2) is 38.2 Å². The van der Waals surface area contributed by atoms with E-state index in [0.717, 1.165) is 50.5 Å². The number of carbonyl (C=O) groups is 1. The van der Waals surface area contributed by atoms with E-state index in [2.05, 4.69) is 14.8 Å². The van der Waals surface area contributed by atoms with Crippen molar-refractivity contribution in [2.24, 2.45) is 5.92 Å². The number of carbonyl (C=O) groups excluding carboxylic acids is 1. The highest BCUT2D eigenvalue weighted by Gasteiger charge is 2.31. The van der Waals surface area contributed by atoms with E-state index in [1.807, 2.05) is 11.2 Å². The first-order valence-corrected chi connectivity index (χ1v) is 8.52. The van der Waals surface area contributed by atoms with E-state index in [1.54, 1.807) is 18.4 Å². The van der Waals surface area contributed by atoms with Gasteiger partial charge in [-0.2, -0.15) is 0 Å². The fraction of sp³-hybridized carbons (Fsp3) is 0.588. The van der Waals surface area contributed by atoms with Gasteiger partial charge in [0.25, 0.3) is 5.91 Å². The molecule has 1 atom stereocenters. The molecule has 6 nitrogen and oxygen atoms in total. The Morgan fingerprint density at radius 1 is 1.35 bits per heavy atom. The van der Waals surface area contributed by atoms with Crippen molar-refractivity contribution in [1.82, 2.24) is 19.7 Å². The maximum Gasteiger partial charge on any atom is 0.289 e. The summed E-state index contributed by atoms with van der Waals surface area (Å²) in [5.74, 6) is 2.31. The molecule has 0 bridgehead atoms. The van der Waals surface area contributed by atoms with Gasteiger partial charge in [-0.1, -0.05) is 0 Å². The Morgan fingerprint density at radius 3 is 3.04 bits per heavy atom. The van der Waals surface area contributed by atoms with E-state index in [9.17, 15) is 4.79 Å². The van der Waals surface area contributed by atoms with Crippen LogP contribution in [0.2, 0.25) is 0 Å². The van der Waals surface area contributed by atoms with Crippen LogP contribution in [0, 0.1) is 5.92 Å². The Bertz CT molecular complexity index is 660. The van der Waals surface area contributed by atoms with E-state index in [-0.39, 0.29) is 11.9 Å². The molecule has 3 heterocycles. The lowest BCUT2D eigenvalue weighted by Gasteiger charge is -2.23. The molecule has 2 fully saturated rings. The summed E-state index contributed by atoms with van der Waals surface area (Å²) in [6.45, 7) is 1.86. The van der Waals surface area contributed by atoms with Crippen LogP contribution in [0.3, 0.4) is 0 Å². The first-order chi connectivity index (χ1) is 11.3. The minimum Gasteiger partial charge on any atom is -0.459 e. The number of aromatic nitrogens is 3. The Balaban J connectivity index is 1.38. The average molecular weight is 314 g/mol. The lowest BCUT2D eigenvalue weighted by molar-refractivity contribution is 0.0698. The maximum atomic E-state index is 12.5. The van der Waals surface area contributed by atoms with Crippen molar-refractivity contribution >= 4 is 5.91 Å². The molecule has 1 amide bonds. The van der Waals surface area contributed by atoms with Crippen LogP contribution in [0.1, 0.15) is 48.5 Å². The zero-order valence-electron chi connectivity index (χ0n) is 13.2. The van der Waals surface area contributed by atoms with Crippen molar-refractivity contribution in [3.05, 3.63) is 36.3 Å². The molecular formula is C17H22N4O2. The van der Waals surface area contributed by atoms with Crippen molar-refractivity contribution in [1.29, 1.82) is 0 Å². The van der Waals surface area contributed by atoms with Crippen molar-refractivity contribution in [2.75, 3.05) is 6.54 Å². The zero-order chi connectivity index (χ0) is 15.6. The third kappa shape index (κ3) is 3.16. The van der Waals surface area contributed by atoms with Crippen molar-refractivity contribution in [3.63, 3.8) is 0 Å². The van der Waals surface area contributed by atoms with Crippen molar-refractivity contribution in [2.45, 2.75) is 51.1 Å². The van der Waals surface area contributed by atoms with Crippen LogP contribution in [0.15, 0.2) is 29.1 Å². The zero-order valence-corrected chi connectivity index (χ0v) is 13.2. The molecule has 0 aromatic carbocycles. The second-order valence-corrected chi connectivity index (χ2v) is 6.65. The van der Waals surface area contributed by atoms with Gasteiger partial charge in [-0.3, -0.25) is 4.79 Å². The van der Waals surface area contributed by atoms with Gasteiger partial charge >= 0.3 is 0 Å². The number of rotatable bonds is 6. The number of aryl methyl sites for hydroxylation is 1.